The number of aliphatic hydroxyl groups excluding tert-OH is 1. The van der Waals surface area contributed by atoms with Crippen LogP contribution in [0.1, 0.15) is 31.7 Å². The lowest BCUT2D eigenvalue weighted by Gasteiger charge is -2.38. The third-order valence-electron chi connectivity index (χ3n) is 6.05. The van der Waals surface area contributed by atoms with E-state index in [1.807, 2.05) is 28.1 Å². The highest BCUT2D eigenvalue weighted by Crippen LogP contribution is 2.22. The number of amides is 2. The molecule has 0 bridgehead atoms. The highest BCUT2D eigenvalue weighted by molar-refractivity contribution is 5.76. The number of pyridine rings is 1. The van der Waals surface area contributed by atoms with E-state index in [1.165, 1.54) is 0 Å². The third-order valence-corrected chi connectivity index (χ3v) is 6.05. The van der Waals surface area contributed by atoms with Gasteiger partial charge in [-0.25, -0.2) is 0 Å². The molecule has 1 N–H and O–H groups in total. The molecule has 0 aliphatic carbocycles. The van der Waals surface area contributed by atoms with Gasteiger partial charge in [0.25, 0.3) is 0 Å². The Morgan fingerprint density at radius 1 is 1.14 bits per heavy atom. The summed E-state index contributed by atoms with van der Waals surface area (Å²) in [7, 11) is 0. The van der Waals surface area contributed by atoms with Gasteiger partial charge in [-0.2, -0.15) is 0 Å². The Hall–Kier alpha value is -1.99. The first kappa shape index (κ1) is 20.7. The summed E-state index contributed by atoms with van der Waals surface area (Å²) >= 11 is 0. The van der Waals surface area contributed by atoms with Crippen LogP contribution >= 0.6 is 0 Å². The molecule has 0 saturated carbocycles. The standard InChI is InChI=1S/C21H32N4O3/c1-17(26)24-13-11-23(12-14-24)16-20(27)19-6-9-25(10-7-19)21(28)5-4-18-3-2-8-22-15-18/h2-3,8,15,19-20,27H,4-7,9-14,16H2,1H3. The lowest BCUT2D eigenvalue weighted by molar-refractivity contribution is -0.134. The van der Waals surface area contributed by atoms with Crippen molar-refractivity contribution in [2.45, 2.75) is 38.7 Å². The molecular weight excluding hydrogens is 356 g/mol. The summed E-state index contributed by atoms with van der Waals surface area (Å²) in [6, 6.07) is 3.89. The summed E-state index contributed by atoms with van der Waals surface area (Å²) in [6.07, 6.45) is 6.13. The molecule has 0 spiro atoms. The summed E-state index contributed by atoms with van der Waals surface area (Å²) in [4.78, 5) is 34.0. The van der Waals surface area contributed by atoms with Gasteiger partial charge in [0.15, 0.2) is 0 Å². The lowest BCUT2D eigenvalue weighted by Crippen LogP contribution is -2.51. The van der Waals surface area contributed by atoms with Crippen LogP contribution in [0.3, 0.4) is 0 Å². The van der Waals surface area contributed by atoms with Crippen LogP contribution in [0.15, 0.2) is 24.5 Å². The second-order valence-corrected chi connectivity index (χ2v) is 7.95. The summed E-state index contributed by atoms with van der Waals surface area (Å²) in [5.41, 5.74) is 1.09. The van der Waals surface area contributed by atoms with Crippen molar-refractivity contribution >= 4 is 11.8 Å². The fraction of sp³-hybridized carbons (Fsp3) is 0.667. The number of hydrogen-bond acceptors (Lipinski definition) is 5. The number of aromatic nitrogens is 1. The van der Waals surface area contributed by atoms with E-state index < -0.39 is 0 Å². The van der Waals surface area contributed by atoms with E-state index in [2.05, 4.69) is 9.88 Å². The molecule has 28 heavy (non-hydrogen) atoms. The number of piperazine rings is 1. The van der Waals surface area contributed by atoms with Crippen molar-refractivity contribution in [2.75, 3.05) is 45.8 Å². The Kier molecular flexibility index (Phi) is 7.39. The maximum Gasteiger partial charge on any atom is 0.222 e. The predicted octanol–water partition coefficient (Wildman–Crippen LogP) is 0.778. The fourth-order valence-corrected chi connectivity index (χ4v) is 4.15. The number of nitrogens with zero attached hydrogens (tertiary/aromatic N) is 4. The van der Waals surface area contributed by atoms with Crippen LogP contribution in [0.25, 0.3) is 0 Å². The maximum absolute atomic E-state index is 12.5. The zero-order chi connectivity index (χ0) is 19.9. The van der Waals surface area contributed by atoms with Crippen LogP contribution in [0.2, 0.25) is 0 Å². The van der Waals surface area contributed by atoms with E-state index >= 15 is 0 Å². The largest absolute Gasteiger partial charge is 0.392 e. The lowest BCUT2D eigenvalue weighted by atomic mass is 9.90. The average molecular weight is 389 g/mol. The van der Waals surface area contributed by atoms with Crippen LogP contribution in [-0.4, -0.2) is 88.5 Å². The van der Waals surface area contributed by atoms with E-state index in [-0.39, 0.29) is 23.8 Å². The van der Waals surface area contributed by atoms with Gasteiger partial charge >= 0.3 is 0 Å². The van der Waals surface area contributed by atoms with E-state index in [4.69, 9.17) is 0 Å². The number of aryl methyl sites for hydroxylation is 1. The van der Waals surface area contributed by atoms with E-state index in [1.54, 1.807) is 13.1 Å². The number of carbonyl (C=O) groups is 2. The van der Waals surface area contributed by atoms with Gasteiger partial charge in [0.2, 0.25) is 11.8 Å². The molecule has 1 aromatic heterocycles. The SMILES string of the molecule is CC(=O)N1CCN(CC(O)C2CCN(C(=O)CCc3cccnc3)CC2)CC1. The maximum atomic E-state index is 12.5. The molecule has 0 radical (unpaired) electrons. The quantitative estimate of drug-likeness (QED) is 0.779. The normalized spacial score (nSPS) is 20.2. The zero-order valence-corrected chi connectivity index (χ0v) is 16.8. The second-order valence-electron chi connectivity index (χ2n) is 7.95. The molecule has 3 heterocycles. The molecule has 2 aliphatic rings. The summed E-state index contributed by atoms with van der Waals surface area (Å²) < 4.78 is 0. The van der Waals surface area contributed by atoms with E-state index in [9.17, 15) is 14.7 Å². The van der Waals surface area contributed by atoms with Crippen molar-refractivity contribution in [1.82, 2.24) is 19.7 Å². The number of β-amino-alcohol motifs (C(OH)–C–C–N with tert-alkyl or cyclic N) is 1. The van der Waals surface area contributed by atoms with Crippen molar-refractivity contribution in [2.24, 2.45) is 5.92 Å². The smallest absolute Gasteiger partial charge is 0.222 e. The zero-order valence-electron chi connectivity index (χ0n) is 16.8. The van der Waals surface area contributed by atoms with E-state index in [0.29, 0.717) is 13.0 Å². The highest BCUT2D eigenvalue weighted by Gasteiger charge is 2.29. The first-order valence-electron chi connectivity index (χ1n) is 10.4. The Bertz CT molecular complexity index is 638. The Labute approximate surface area is 167 Å². The summed E-state index contributed by atoms with van der Waals surface area (Å²) in [5, 5.41) is 10.6. The molecule has 0 aromatic carbocycles. The van der Waals surface area contributed by atoms with Gasteiger partial charge in [-0.3, -0.25) is 19.5 Å². The van der Waals surface area contributed by atoms with Gasteiger partial charge in [0.1, 0.15) is 0 Å². The number of carbonyl (C=O) groups excluding carboxylic acids is 2. The van der Waals surface area contributed by atoms with E-state index in [0.717, 1.165) is 64.1 Å². The van der Waals surface area contributed by atoms with Crippen LogP contribution in [0.5, 0.6) is 0 Å². The van der Waals surface area contributed by atoms with Gasteiger partial charge < -0.3 is 14.9 Å². The van der Waals surface area contributed by atoms with Crippen molar-refractivity contribution in [3.63, 3.8) is 0 Å². The first-order chi connectivity index (χ1) is 13.5. The average Bonchev–Trinajstić information content (AvgIpc) is 2.73. The van der Waals surface area contributed by atoms with Crippen molar-refractivity contribution in [3.8, 4) is 0 Å². The van der Waals surface area contributed by atoms with Crippen LogP contribution in [-0.2, 0) is 16.0 Å². The Balaban J connectivity index is 1.36. The summed E-state index contributed by atoms with van der Waals surface area (Å²) in [6.45, 7) is 6.85. The fourth-order valence-electron chi connectivity index (χ4n) is 4.15. The van der Waals surface area contributed by atoms with Crippen molar-refractivity contribution < 1.29 is 14.7 Å². The van der Waals surface area contributed by atoms with Gasteiger partial charge in [0.05, 0.1) is 6.10 Å². The number of rotatable bonds is 6. The van der Waals surface area contributed by atoms with Crippen LogP contribution in [0, 0.1) is 5.92 Å². The summed E-state index contributed by atoms with van der Waals surface area (Å²) in [5.74, 6) is 0.561. The molecule has 2 aliphatic heterocycles. The molecule has 1 aromatic rings. The molecule has 2 saturated heterocycles. The molecule has 1 atom stereocenters. The van der Waals surface area contributed by atoms with Crippen LogP contribution in [0.4, 0.5) is 0 Å². The molecule has 2 fully saturated rings. The minimum Gasteiger partial charge on any atom is -0.392 e. The molecule has 154 valence electrons. The van der Waals surface area contributed by atoms with Gasteiger partial charge in [-0.05, 0) is 36.8 Å². The third kappa shape index (κ3) is 5.75. The molecule has 2 amide bonds. The second kappa shape index (κ2) is 9.98. The topological polar surface area (TPSA) is 77.0 Å². The number of aliphatic hydroxyl groups is 1. The highest BCUT2D eigenvalue weighted by atomic mass is 16.3. The number of hydrogen-bond donors (Lipinski definition) is 1. The molecular formula is C21H32N4O3. The monoisotopic (exact) mass is 388 g/mol. The first-order valence-corrected chi connectivity index (χ1v) is 10.4. The van der Waals surface area contributed by atoms with Gasteiger partial charge in [-0.15, -0.1) is 0 Å². The van der Waals surface area contributed by atoms with Crippen molar-refractivity contribution in [1.29, 1.82) is 0 Å². The molecule has 3 rings (SSSR count). The number of likely N-dealkylation sites (tertiary alicyclic amines) is 1. The minimum absolute atomic E-state index is 0.126. The molecule has 7 heteroatoms. The minimum atomic E-state index is -0.364. The van der Waals surface area contributed by atoms with Crippen molar-refractivity contribution in [3.05, 3.63) is 30.1 Å². The molecule has 1 unspecified atom stereocenters. The Morgan fingerprint density at radius 3 is 2.46 bits per heavy atom. The van der Waals surface area contributed by atoms with Gasteiger partial charge in [-0.1, -0.05) is 6.07 Å². The van der Waals surface area contributed by atoms with Gasteiger partial charge in [0, 0.05) is 71.6 Å². The number of piperidine rings is 1. The molecule has 7 nitrogen and oxygen atoms in total. The van der Waals surface area contributed by atoms with Crippen LogP contribution < -0.4 is 0 Å². The Morgan fingerprint density at radius 2 is 1.86 bits per heavy atom. The predicted molar refractivity (Wildman–Crippen MR) is 107 cm³/mol.